The molecule has 3 rings (SSSR count). The fourth-order valence-corrected chi connectivity index (χ4v) is 2.80. The number of amides is 2. The second-order valence-corrected chi connectivity index (χ2v) is 6.34. The topological polar surface area (TPSA) is 113 Å². The summed E-state index contributed by atoms with van der Waals surface area (Å²) in [4.78, 5) is 32.0. The van der Waals surface area contributed by atoms with Crippen LogP contribution in [-0.4, -0.2) is 34.0 Å². The smallest absolute Gasteiger partial charge is 0.260 e. The van der Waals surface area contributed by atoms with Crippen molar-refractivity contribution < 1.29 is 19.4 Å². The fraction of sp³-hybridized carbons (Fsp3) is 0.125. The molecule has 0 bridgehead atoms. The summed E-state index contributed by atoms with van der Waals surface area (Å²) in [5.41, 5.74) is 1.34. The number of carbonyl (C=O) groups is 2. The zero-order chi connectivity index (χ0) is 18.0. The molecule has 2 aromatic rings. The number of ether oxygens (including phenoxy) is 1. The summed E-state index contributed by atoms with van der Waals surface area (Å²) in [6.45, 7) is 0.182. The van der Waals surface area contributed by atoms with Crippen LogP contribution in [0.25, 0.3) is 5.57 Å². The lowest BCUT2D eigenvalue weighted by molar-refractivity contribution is -0.114. The van der Waals surface area contributed by atoms with Crippen molar-refractivity contribution in [2.75, 3.05) is 7.11 Å². The summed E-state index contributed by atoms with van der Waals surface area (Å²) in [7, 11) is 1.41. The number of nitrogens with zero attached hydrogens (tertiary/aromatic N) is 2. The standard InChI is InChI=1S/C16H13IN4O4/c1-25-12-6-19-13(20-16(12)24)7-18-5-11-10-4-8(17)2-3-9(10)14(22)21-15(11)23/h2-6,18H,7H2,1H3,(H,19,20,24)(H,21,22,23)/b11-5+. The second kappa shape index (κ2) is 7.05. The van der Waals surface area contributed by atoms with Gasteiger partial charge in [-0.05, 0) is 40.8 Å². The highest BCUT2D eigenvalue weighted by Crippen LogP contribution is 2.25. The van der Waals surface area contributed by atoms with Crippen molar-refractivity contribution in [1.29, 1.82) is 0 Å². The Morgan fingerprint density at radius 3 is 2.84 bits per heavy atom. The maximum Gasteiger partial charge on any atom is 0.260 e. The molecular weight excluding hydrogens is 439 g/mol. The van der Waals surface area contributed by atoms with E-state index in [9.17, 15) is 14.7 Å². The molecule has 1 aliphatic heterocycles. The number of hydrogen-bond acceptors (Lipinski definition) is 7. The van der Waals surface area contributed by atoms with E-state index < -0.39 is 11.8 Å². The summed E-state index contributed by atoms with van der Waals surface area (Å²) >= 11 is 2.12. The Kier molecular flexibility index (Phi) is 4.83. The minimum Gasteiger partial charge on any atom is -0.491 e. The van der Waals surface area contributed by atoms with Crippen molar-refractivity contribution >= 4 is 40.0 Å². The molecule has 3 N–H and O–H groups in total. The Labute approximate surface area is 156 Å². The molecule has 0 atom stereocenters. The van der Waals surface area contributed by atoms with Gasteiger partial charge in [0.2, 0.25) is 0 Å². The van der Waals surface area contributed by atoms with Crippen LogP contribution >= 0.6 is 22.6 Å². The van der Waals surface area contributed by atoms with Crippen LogP contribution in [0.5, 0.6) is 11.6 Å². The van der Waals surface area contributed by atoms with Crippen LogP contribution in [0.2, 0.25) is 0 Å². The minimum absolute atomic E-state index is 0.177. The predicted octanol–water partition coefficient (Wildman–Crippen LogP) is 1.20. The highest BCUT2D eigenvalue weighted by atomic mass is 127. The normalized spacial score (nSPS) is 14.9. The quantitative estimate of drug-likeness (QED) is 0.363. The van der Waals surface area contributed by atoms with E-state index in [1.165, 1.54) is 19.5 Å². The van der Waals surface area contributed by atoms with E-state index in [-0.39, 0.29) is 18.2 Å². The van der Waals surface area contributed by atoms with Crippen LogP contribution in [0.1, 0.15) is 21.7 Å². The third kappa shape index (κ3) is 3.55. The number of benzene rings is 1. The van der Waals surface area contributed by atoms with E-state index in [0.717, 1.165) is 3.57 Å². The summed E-state index contributed by atoms with van der Waals surface area (Å²) in [5.74, 6) is -0.661. The lowest BCUT2D eigenvalue weighted by atomic mass is 9.96. The van der Waals surface area contributed by atoms with E-state index in [2.05, 4.69) is 43.2 Å². The number of rotatable bonds is 4. The number of imide groups is 1. The number of carbonyl (C=O) groups excluding carboxylic acids is 2. The van der Waals surface area contributed by atoms with Gasteiger partial charge in [0.05, 0.1) is 25.4 Å². The third-order valence-corrected chi connectivity index (χ3v) is 4.17. The molecule has 0 saturated carbocycles. The van der Waals surface area contributed by atoms with Gasteiger partial charge < -0.3 is 15.2 Å². The second-order valence-electron chi connectivity index (χ2n) is 5.09. The van der Waals surface area contributed by atoms with Gasteiger partial charge >= 0.3 is 0 Å². The van der Waals surface area contributed by atoms with Gasteiger partial charge in [-0.25, -0.2) is 4.98 Å². The monoisotopic (exact) mass is 452 g/mol. The molecule has 0 radical (unpaired) electrons. The van der Waals surface area contributed by atoms with Crippen molar-refractivity contribution in [3.05, 3.63) is 51.1 Å². The van der Waals surface area contributed by atoms with E-state index in [1.54, 1.807) is 18.2 Å². The first-order valence-corrected chi connectivity index (χ1v) is 8.25. The van der Waals surface area contributed by atoms with Crippen LogP contribution in [0.15, 0.2) is 30.6 Å². The van der Waals surface area contributed by atoms with Crippen LogP contribution in [0.4, 0.5) is 0 Å². The number of hydrogen-bond donors (Lipinski definition) is 3. The minimum atomic E-state index is -0.481. The molecule has 0 aliphatic carbocycles. The summed E-state index contributed by atoms with van der Waals surface area (Å²) in [6, 6.07) is 5.25. The molecule has 1 aromatic carbocycles. The number of fused-ring (bicyclic) bond motifs is 1. The zero-order valence-corrected chi connectivity index (χ0v) is 15.2. The summed E-state index contributed by atoms with van der Waals surface area (Å²) < 4.78 is 5.79. The average molecular weight is 452 g/mol. The predicted molar refractivity (Wildman–Crippen MR) is 96.7 cm³/mol. The molecule has 0 unspecified atom stereocenters. The molecule has 2 heterocycles. The Bertz CT molecular complexity index is 898. The summed E-state index contributed by atoms with van der Waals surface area (Å²) in [6.07, 6.45) is 2.86. The Morgan fingerprint density at radius 1 is 1.32 bits per heavy atom. The first-order chi connectivity index (χ1) is 12.0. The van der Waals surface area contributed by atoms with Gasteiger partial charge in [0.1, 0.15) is 0 Å². The molecule has 0 saturated heterocycles. The largest absolute Gasteiger partial charge is 0.491 e. The SMILES string of the molecule is COc1cnc(CN/C=C2/C(=O)NC(=O)c3ccc(I)cc32)nc1O. The Morgan fingerprint density at radius 2 is 2.12 bits per heavy atom. The third-order valence-electron chi connectivity index (χ3n) is 3.50. The van der Waals surface area contributed by atoms with Gasteiger partial charge in [0.15, 0.2) is 11.6 Å². The zero-order valence-electron chi connectivity index (χ0n) is 13.0. The molecular formula is C16H13IN4O4. The van der Waals surface area contributed by atoms with Crippen molar-refractivity contribution in [3.63, 3.8) is 0 Å². The highest BCUT2D eigenvalue weighted by molar-refractivity contribution is 14.1. The maximum absolute atomic E-state index is 12.1. The summed E-state index contributed by atoms with van der Waals surface area (Å²) in [5, 5.41) is 14.9. The molecule has 25 heavy (non-hydrogen) atoms. The van der Waals surface area contributed by atoms with E-state index in [0.29, 0.717) is 22.5 Å². The molecule has 9 heteroatoms. The van der Waals surface area contributed by atoms with Gasteiger partial charge in [-0.15, -0.1) is 0 Å². The van der Waals surface area contributed by atoms with Gasteiger partial charge in [0.25, 0.3) is 17.7 Å². The van der Waals surface area contributed by atoms with Crippen molar-refractivity contribution in [3.8, 4) is 11.6 Å². The molecule has 1 aromatic heterocycles. The molecule has 1 aliphatic rings. The lowest BCUT2D eigenvalue weighted by Gasteiger charge is -2.18. The average Bonchev–Trinajstić information content (AvgIpc) is 2.57. The number of halogens is 1. The fourth-order valence-electron chi connectivity index (χ4n) is 2.31. The van der Waals surface area contributed by atoms with Gasteiger partial charge in [-0.1, -0.05) is 0 Å². The van der Waals surface area contributed by atoms with Crippen LogP contribution in [0, 0.1) is 3.57 Å². The van der Waals surface area contributed by atoms with E-state index in [4.69, 9.17) is 4.74 Å². The maximum atomic E-state index is 12.1. The molecule has 0 spiro atoms. The van der Waals surface area contributed by atoms with Crippen molar-refractivity contribution in [2.24, 2.45) is 0 Å². The number of methoxy groups -OCH3 is 1. The van der Waals surface area contributed by atoms with Crippen molar-refractivity contribution in [2.45, 2.75) is 6.54 Å². The molecule has 2 amide bonds. The van der Waals surface area contributed by atoms with Gasteiger partial charge in [0, 0.05) is 20.9 Å². The lowest BCUT2D eigenvalue weighted by Crippen LogP contribution is -2.37. The van der Waals surface area contributed by atoms with Gasteiger partial charge in [-0.2, -0.15) is 4.98 Å². The molecule has 0 fully saturated rings. The van der Waals surface area contributed by atoms with E-state index in [1.807, 2.05) is 0 Å². The Hall–Kier alpha value is -2.69. The van der Waals surface area contributed by atoms with Crippen molar-refractivity contribution in [1.82, 2.24) is 20.6 Å². The first kappa shape index (κ1) is 17.1. The highest BCUT2D eigenvalue weighted by Gasteiger charge is 2.27. The van der Waals surface area contributed by atoms with Crippen LogP contribution in [0.3, 0.4) is 0 Å². The first-order valence-electron chi connectivity index (χ1n) is 7.17. The van der Waals surface area contributed by atoms with E-state index >= 15 is 0 Å². The van der Waals surface area contributed by atoms with Crippen LogP contribution in [-0.2, 0) is 11.3 Å². The van der Waals surface area contributed by atoms with Crippen LogP contribution < -0.4 is 15.4 Å². The number of aromatic hydroxyl groups is 1. The molecule has 128 valence electrons. The molecule has 8 nitrogen and oxygen atoms in total. The Balaban J connectivity index is 1.83. The van der Waals surface area contributed by atoms with Gasteiger partial charge in [-0.3, -0.25) is 14.9 Å². The number of aromatic nitrogens is 2. The number of nitrogens with one attached hydrogen (secondary N) is 2.